The van der Waals surface area contributed by atoms with E-state index in [4.69, 9.17) is 0 Å². The summed E-state index contributed by atoms with van der Waals surface area (Å²) in [5.74, 6) is -1.12. The highest BCUT2D eigenvalue weighted by molar-refractivity contribution is 7.92. The van der Waals surface area contributed by atoms with E-state index in [0.717, 1.165) is 36.1 Å². The molecule has 0 aliphatic heterocycles. The molecule has 226 valence electrons. The van der Waals surface area contributed by atoms with Crippen LogP contribution in [0.2, 0.25) is 0 Å². The number of nitrogens with zero attached hydrogens (tertiary/aromatic N) is 2. The Morgan fingerprint density at radius 1 is 0.929 bits per heavy atom. The van der Waals surface area contributed by atoms with E-state index in [2.05, 4.69) is 5.32 Å². The second kappa shape index (κ2) is 14.4. The van der Waals surface area contributed by atoms with Crippen LogP contribution >= 0.6 is 0 Å². The highest BCUT2D eigenvalue weighted by Gasteiger charge is 2.35. The van der Waals surface area contributed by atoms with Crippen LogP contribution in [0.15, 0.2) is 83.8 Å². The summed E-state index contributed by atoms with van der Waals surface area (Å²) >= 11 is 0. The normalized spacial score (nSPS) is 12.4. The van der Waals surface area contributed by atoms with Crippen LogP contribution in [-0.2, 0) is 32.3 Å². The number of amides is 2. The molecule has 0 saturated carbocycles. The lowest BCUT2D eigenvalue weighted by Crippen LogP contribution is -2.52. The highest BCUT2D eigenvalue weighted by Crippen LogP contribution is 2.33. The number of carbonyl (C=O) groups is 2. The number of benzene rings is 3. The summed E-state index contributed by atoms with van der Waals surface area (Å²) in [4.78, 5) is 28.4. The van der Waals surface area contributed by atoms with Crippen LogP contribution in [0.5, 0.6) is 0 Å². The Balaban J connectivity index is 2.08. The fraction of sp³-hybridized carbons (Fsp3) is 0.355. The number of hydrogen-bond acceptors (Lipinski definition) is 4. The van der Waals surface area contributed by atoms with Crippen molar-refractivity contribution in [3.63, 3.8) is 0 Å². The average Bonchev–Trinajstić information content (AvgIpc) is 2.96. The van der Waals surface area contributed by atoms with E-state index < -0.39 is 40.3 Å². The van der Waals surface area contributed by atoms with E-state index in [9.17, 15) is 31.2 Å². The van der Waals surface area contributed by atoms with Crippen LogP contribution in [0.4, 0.5) is 18.9 Å². The zero-order chi connectivity index (χ0) is 30.9. The molecule has 0 saturated heterocycles. The van der Waals surface area contributed by atoms with Gasteiger partial charge in [-0.15, -0.1) is 0 Å². The SMILES string of the molecule is CCCCNC(=O)[C@H](CC)N(Cc1cccc(C)c1)C(=O)CN(c1cccc(C(F)(F)F)c1)S(=O)(=O)c1ccccc1. The summed E-state index contributed by atoms with van der Waals surface area (Å²) in [6.07, 6.45) is -2.90. The fourth-order valence-electron chi connectivity index (χ4n) is 4.52. The van der Waals surface area contributed by atoms with Crippen molar-refractivity contribution in [1.29, 1.82) is 0 Å². The van der Waals surface area contributed by atoms with Gasteiger partial charge in [-0.05, 0) is 55.7 Å². The predicted octanol–water partition coefficient (Wildman–Crippen LogP) is 5.93. The standard InChI is InChI=1S/C31H36F3N3O4S/c1-4-6-18-35-30(39)28(5-2)36(21-24-13-10-12-23(3)19-24)29(38)22-37(42(40,41)27-16-8-7-9-17-27)26-15-11-14-25(20-26)31(32,33)34/h7-17,19-20,28H,4-6,18,21-22H2,1-3H3,(H,35,39)/t28-/m0/s1. The predicted molar refractivity (Wildman–Crippen MR) is 156 cm³/mol. The van der Waals surface area contributed by atoms with Crippen LogP contribution < -0.4 is 9.62 Å². The summed E-state index contributed by atoms with van der Waals surface area (Å²) in [5, 5.41) is 2.84. The van der Waals surface area contributed by atoms with Gasteiger partial charge in [-0.25, -0.2) is 8.42 Å². The number of nitrogens with one attached hydrogen (secondary N) is 1. The van der Waals surface area contributed by atoms with Gasteiger partial charge in [0.1, 0.15) is 12.6 Å². The van der Waals surface area contributed by atoms with Crippen molar-refractivity contribution in [3.05, 3.63) is 95.6 Å². The zero-order valence-electron chi connectivity index (χ0n) is 23.9. The number of halogens is 3. The van der Waals surface area contributed by atoms with Crippen molar-refractivity contribution in [2.24, 2.45) is 0 Å². The number of unbranched alkanes of at least 4 members (excludes halogenated alkanes) is 1. The maximum atomic E-state index is 14.0. The summed E-state index contributed by atoms with van der Waals surface area (Å²) in [6.45, 7) is 5.20. The van der Waals surface area contributed by atoms with Crippen LogP contribution in [0.25, 0.3) is 0 Å². The van der Waals surface area contributed by atoms with Gasteiger partial charge in [0.2, 0.25) is 11.8 Å². The van der Waals surface area contributed by atoms with Gasteiger partial charge in [0.05, 0.1) is 16.1 Å². The van der Waals surface area contributed by atoms with Gasteiger partial charge >= 0.3 is 6.18 Å². The molecule has 0 aliphatic carbocycles. The van der Waals surface area contributed by atoms with E-state index in [1.165, 1.54) is 35.2 Å². The second-order valence-corrected chi connectivity index (χ2v) is 11.8. The van der Waals surface area contributed by atoms with Gasteiger partial charge in [0.15, 0.2) is 0 Å². The largest absolute Gasteiger partial charge is 0.416 e. The fourth-order valence-corrected chi connectivity index (χ4v) is 5.95. The van der Waals surface area contributed by atoms with Gasteiger partial charge < -0.3 is 10.2 Å². The first-order valence-electron chi connectivity index (χ1n) is 13.8. The quantitative estimate of drug-likeness (QED) is 0.245. The molecule has 7 nitrogen and oxygen atoms in total. The van der Waals surface area contributed by atoms with E-state index >= 15 is 0 Å². The molecular weight excluding hydrogens is 567 g/mol. The lowest BCUT2D eigenvalue weighted by atomic mass is 10.1. The van der Waals surface area contributed by atoms with Gasteiger partial charge in [-0.1, -0.05) is 74.4 Å². The van der Waals surface area contributed by atoms with Crippen molar-refractivity contribution in [1.82, 2.24) is 10.2 Å². The van der Waals surface area contributed by atoms with Gasteiger partial charge in [-0.2, -0.15) is 13.2 Å². The summed E-state index contributed by atoms with van der Waals surface area (Å²) < 4.78 is 69.1. The molecule has 0 aromatic heterocycles. The third-order valence-corrected chi connectivity index (χ3v) is 8.51. The molecule has 0 aliphatic rings. The molecule has 2 amide bonds. The second-order valence-electron chi connectivity index (χ2n) is 9.95. The van der Waals surface area contributed by atoms with Crippen LogP contribution in [0, 0.1) is 6.92 Å². The third-order valence-electron chi connectivity index (χ3n) is 6.72. The van der Waals surface area contributed by atoms with E-state index in [0.29, 0.717) is 16.9 Å². The molecule has 0 bridgehead atoms. The molecule has 11 heteroatoms. The molecular formula is C31H36F3N3O4S. The Bertz CT molecular complexity index is 1460. The average molecular weight is 604 g/mol. The molecule has 0 heterocycles. The maximum Gasteiger partial charge on any atom is 0.416 e. The minimum Gasteiger partial charge on any atom is -0.354 e. The van der Waals surface area contributed by atoms with E-state index in [-0.39, 0.29) is 29.5 Å². The minimum absolute atomic E-state index is 0.00202. The van der Waals surface area contributed by atoms with Crippen LogP contribution in [0.3, 0.4) is 0 Å². The van der Waals surface area contributed by atoms with Crippen molar-refractivity contribution < 1.29 is 31.2 Å². The molecule has 1 N–H and O–H groups in total. The van der Waals surface area contributed by atoms with Crippen molar-refractivity contribution in [3.8, 4) is 0 Å². The number of sulfonamides is 1. The van der Waals surface area contributed by atoms with Crippen molar-refractivity contribution in [2.45, 2.75) is 63.7 Å². The monoisotopic (exact) mass is 603 g/mol. The van der Waals surface area contributed by atoms with Gasteiger partial charge in [-0.3, -0.25) is 13.9 Å². The molecule has 3 rings (SSSR count). The molecule has 3 aromatic carbocycles. The van der Waals surface area contributed by atoms with Crippen molar-refractivity contribution in [2.75, 3.05) is 17.4 Å². The Labute approximate surface area is 245 Å². The number of anilines is 1. The summed E-state index contributed by atoms with van der Waals surface area (Å²) in [5.41, 5.74) is 0.273. The number of carbonyl (C=O) groups excluding carboxylic acids is 2. The van der Waals surface area contributed by atoms with Gasteiger partial charge in [0.25, 0.3) is 10.0 Å². The summed E-state index contributed by atoms with van der Waals surface area (Å²) in [7, 11) is -4.48. The molecule has 3 aromatic rings. The Kier molecular flexibility index (Phi) is 11.2. The number of hydrogen-bond donors (Lipinski definition) is 1. The lowest BCUT2D eigenvalue weighted by Gasteiger charge is -2.33. The highest BCUT2D eigenvalue weighted by atomic mass is 32.2. The molecule has 0 fully saturated rings. The van der Waals surface area contributed by atoms with Gasteiger partial charge in [0, 0.05) is 13.1 Å². The Morgan fingerprint density at radius 2 is 1.62 bits per heavy atom. The summed E-state index contributed by atoms with van der Waals surface area (Å²) in [6, 6.07) is 17.4. The maximum absolute atomic E-state index is 14.0. The smallest absolute Gasteiger partial charge is 0.354 e. The molecule has 1 atom stereocenters. The molecule has 0 spiro atoms. The lowest BCUT2D eigenvalue weighted by molar-refractivity contribution is -0.140. The Morgan fingerprint density at radius 3 is 2.24 bits per heavy atom. The third kappa shape index (κ3) is 8.34. The first-order chi connectivity index (χ1) is 19.9. The number of rotatable bonds is 13. The minimum atomic E-state index is -4.73. The van der Waals surface area contributed by atoms with Crippen molar-refractivity contribution >= 4 is 27.5 Å². The molecule has 0 unspecified atom stereocenters. The van der Waals surface area contributed by atoms with E-state index in [1.54, 1.807) is 19.1 Å². The van der Waals surface area contributed by atoms with E-state index in [1.807, 2.05) is 32.0 Å². The topological polar surface area (TPSA) is 86.8 Å². The molecule has 42 heavy (non-hydrogen) atoms. The van der Waals surface area contributed by atoms with Crippen LogP contribution in [-0.4, -0.2) is 44.3 Å². The van der Waals surface area contributed by atoms with Crippen LogP contribution in [0.1, 0.15) is 49.8 Å². The first-order valence-corrected chi connectivity index (χ1v) is 15.2. The molecule has 0 radical (unpaired) electrons. The number of alkyl halides is 3. The first kappa shape index (κ1) is 32.7. The zero-order valence-corrected chi connectivity index (χ0v) is 24.7. The number of aryl methyl sites for hydroxylation is 1. The Hall–Kier alpha value is -3.86.